The van der Waals surface area contributed by atoms with E-state index in [0.717, 1.165) is 6.54 Å². The second-order valence-electron chi connectivity index (χ2n) is 6.92. The predicted molar refractivity (Wildman–Crippen MR) is 77.9 cm³/mol. The van der Waals surface area contributed by atoms with Gasteiger partial charge in [0.05, 0.1) is 0 Å². The summed E-state index contributed by atoms with van der Waals surface area (Å²) in [5.41, 5.74) is 6.37. The van der Waals surface area contributed by atoms with Crippen LogP contribution in [0.25, 0.3) is 6.08 Å². The fourth-order valence-electron chi connectivity index (χ4n) is 3.31. The van der Waals surface area contributed by atoms with E-state index in [0.29, 0.717) is 5.92 Å². The third-order valence-corrected chi connectivity index (χ3v) is 4.26. The van der Waals surface area contributed by atoms with Gasteiger partial charge < -0.3 is 4.90 Å². The maximum atomic E-state index is 2.46. The number of nitrogens with zero attached hydrogens (tertiary/aromatic N) is 1. The first-order chi connectivity index (χ1) is 8.45. The molecule has 0 fully saturated rings. The van der Waals surface area contributed by atoms with E-state index in [1.54, 1.807) is 11.1 Å². The third kappa shape index (κ3) is 1.91. The highest BCUT2D eigenvalue weighted by Gasteiger charge is 2.28. The summed E-state index contributed by atoms with van der Waals surface area (Å²) in [6.07, 6.45) is 5.89. The second-order valence-corrected chi connectivity index (χ2v) is 6.92. The van der Waals surface area contributed by atoms with Crippen molar-refractivity contribution in [2.75, 3.05) is 13.6 Å². The number of rotatable bonds is 0. The van der Waals surface area contributed by atoms with Gasteiger partial charge in [-0.25, -0.2) is 0 Å². The van der Waals surface area contributed by atoms with E-state index in [-0.39, 0.29) is 5.41 Å². The molecule has 0 aromatic heterocycles. The Labute approximate surface area is 111 Å². The highest BCUT2D eigenvalue weighted by molar-refractivity contribution is 5.62. The molecule has 1 aliphatic heterocycles. The highest BCUT2D eigenvalue weighted by Crippen LogP contribution is 2.39. The van der Waals surface area contributed by atoms with Crippen molar-refractivity contribution in [1.29, 1.82) is 0 Å². The monoisotopic (exact) mass is 241 g/mol. The molecule has 1 nitrogen and oxygen atoms in total. The number of hydrogen-bond donors (Lipinski definition) is 0. The predicted octanol–water partition coefficient (Wildman–Crippen LogP) is 3.93. The maximum absolute atomic E-state index is 2.46. The van der Waals surface area contributed by atoms with E-state index in [2.05, 4.69) is 57.0 Å². The Bertz CT molecular complexity index is 505. The summed E-state index contributed by atoms with van der Waals surface area (Å²) in [5.74, 6) is 0.716. The topological polar surface area (TPSA) is 3.24 Å². The van der Waals surface area contributed by atoms with Crippen LogP contribution >= 0.6 is 0 Å². The van der Waals surface area contributed by atoms with Gasteiger partial charge >= 0.3 is 0 Å². The van der Waals surface area contributed by atoms with Gasteiger partial charge in [0.15, 0.2) is 0 Å². The van der Waals surface area contributed by atoms with E-state index in [1.165, 1.54) is 24.1 Å². The van der Waals surface area contributed by atoms with Crippen molar-refractivity contribution >= 4 is 6.08 Å². The van der Waals surface area contributed by atoms with Crippen molar-refractivity contribution in [3.05, 3.63) is 40.5 Å². The molecule has 1 atom stereocenters. The summed E-state index contributed by atoms with van der Waals surface area (Å²) >= 11 is 0. The molecule has 3 rings (SSSR count). The van der Waals surface area contributed by atoms with Gasteiger partial charge in [-0.3, -0.25) is 0 Å². The molecule has 1 heterocycles. The first kappa shape index (κ1) is 12.0. The molecule has 0 radical (unpaired) electrons. The number of benzene rings is 1. The third-order valence-electron chi connectivity index (χ3n) is 4.26. The Hall–Kier alpha value is -1.08. The van der Waals surface area contributed by atoms with Crippen LogP contribution in [0.4, 0.5) is 0 Å². The standard InChI is InChI=1S/C17H23N/c1-17(2,3)15-8-12-6-5-7-13-10-18(4)11-14(9-15)16(12)13/h5-6,8-9,13H,7,10-11H2,1-4H3. The zero-order chi connectivity index (χ0) is 12.9. The fraction of sp³-hybridized carbons (Fsp3) is 0.529. The molecule has 0 saturated heterocycles. The molecule has 18 heavy (non-hydrogen) atoms. The zero-order valence-electron chi connectivity index (χ0n) is 12.0. The van der Waals surface area contributed by atoms with Gasteiger partial charge in [0.25, 0.3) is 0 Å². The van der Waals surface area contributed by atoms with Crippen LogP contribution in [-0.2, 0) is 12.0 Å². The molecule has 0 amide bonds. The Balaban J connectivity index is 2.18. The van der Waals surface area contributed by atoms with Crippen LogP contribution in [0.1, 0.15) is 55.4 Å². The quantitative estimate of drug-likeness (QED) is 0.665. The molecule has 1 heteroatoms. The molecule has 1 aliphatic carbocycles. The first-order valence-electron chi connectivity index (χ1n) is 6.97. The van der Waals surface area contributed by atoms with Crippen molar-refractivity contribution in [2.45, 2.75) is 45.1 Å². The number of hydrogen-bond acceptors (Lipinski definition) is 1. The Morgan fingerprint density at radius 3 is 2.72 bits per heavy atom. The molecular formula is C17H23N. The largest absolute Gasteiger partial charge is 0.301 e. The van der Waals surface area contributed by atoms with Crippen LogP contribution in [0.3, 0.4) is 0 Å². The van der Waals surface area contributed by atoms with Crippen LogP contribution in [0.2, 0.25) is 0 Å². The summed E-state index contributed by atoms with van der Waals surface area (Å²) < 4.78 is 0. The molecule has 0 bridgehead atoms. The molecule has 0 saturated carbocycles. The highest BCUT2D eigenvalue weighted by atomic mass is 15.1. The summed E-state index contributed by atoms with van der Waals surface area (Å²) in [5, 5.41) is 0. The lowest BCUT2D eigenvalue weighted by Crippen LogP contribution is -2.32. The zero-order valence-corrected chi connectivity index (χ0v) is 12.0. The van der Waals surface area contributed by atoms with Crippen LogP contribution in [0.5, 0.6) is 0 Å². The molecule has 0 N–H and O–H groups in total. The second kappa shape index (κ2) is 3.96. The summed E-state index contributed by atoms with van der Waals surface area (Å²) in [7, 11) is 2.24. The molecule has 2 aliphatic rings. The van der Waals surface area contributed by atoms with Gasteiger partial charge in [0, 0.05) is 19.0 Å². The normalized spacial score (nSPS) is 23.0. The van der Waals surface area contributed by atoms with Crippen LogP contribution in [-0.4, -0.2) is 18.5 Å². The van der Waals surface area contributed by atoms with E-state index < -0.39 is 0 Å². The maximum Gasteiger partial charge on any atom is 0.0234 e. The van der Waals surface area contributed by atoms with Crippen molar-refractivity contribution in [2.24, 2.45) is 0 Å². The number of likely N-dealkylation sites (N-methyl/N-ethyl adjacent to an activating group) is 1. The Kier molecular flexibility index (Phi) is 2.63. The van der Waals surface area contributed by atoms with Crippen molar-refractivity contribution in [3.8, 4) is 0 Å². The van der Waals surface area contributed by atoms with Crippen molar-refractivity contribution in [3.63, 3.8) is 0 Å². The van der Waals surface area contributed by atoms with Crippen molar-refractivity contribution < 1.29 is 0 Å². The summed E-state index contributed by atoms with van der Waals surface area (Å²) in [4.78, 5) is 2.46. The molecule has 96 valence electrons. The van der Waals surface area contributed by atoms with Crippen molar-refractivity contribution in [1.82, 2.24) is 4.90 Å². The minimum Gasteiger partial charge on any atom is -0.301 e. The first-order valence-corrected chi connectivity index (χ1v) is 6.97. The fourth-order valence-corrected chi connectivity index (χ4v) is 3.31. The summed E-state index contributed by atoms with van der Waals surface area (Å²) in [6, 6.07) is 4.85. The molecule has 1 aromatic rings. The average molecular weight is 241 g/mol. The van der Waals surface area contributed by atoms with Gasteiger partial charge in [0.1, 0.15) is 0 Å². The Morgan fingerprint density at radius 2 is 2.00 bits per heavy atom. The molecule has 0 spiro atoms. The lowest BCUT2D eigenvalue weighted by molar-refractivity contribution is 0.280. The van der Waals surface area contributed by atoms with E-state index in [4.69, 9.17) is 0 Å². The lowest BCUT2D eigenvalue weighted by atomic mass is 9.76. The smallest absolute Gasteiger partial charge is 0.0234 e. The molecule has 1 aromatic carbocycles. The Morgan fingerprint density at radius 1 is 1.22 bits per heavy atom. The number of allylic oxidation sites excluding steroid dienone is 1. The van der Waals surface area contributed by atoms with Gasteiger partial charge in [-0.15, -0.1) is 0 Å². The molecule has 1 unspecified atom stereocenters. The van der Waals surface area contributed by atoms with Gasteiger partial charge in [-0.2, -0.15) is 0 Å². The van der Waals surface area contributed by atoms with Gasteiger partial charge in [-0.1, -0.05) is 45.1 Å². The molecular weight excluding hydrogens is 218 g/mol. The minimum atomic E-state index is 0.238. The van der Waals surface area contributed by atoms with E-state index in [9.17, 15) is 0 Å². The van der Waals surface area contributed by atoms with E-state index in [1.807, 2.05) is 0 Å². The van der Waals surface area contributed by atoms with Crippen LogP contribution < -0.4 is 0 Å². The van der Waals surface area contributed by atoms with Crippen LogP contribution in [0.15, 0.2) is 18.2 Å². The van der Waals surface area contributed by atoms with E-state index >= 15 is 0 Å². The average Bonchev–Trinajstić information content (AvgIpc) is 2.27. The lowest BCUT2D eigenvalue weighted by Gasteiger charge is -2.36. The SMILES string of the molecule is CN1Cc2cc(C(C)(C)C)cc3c2C(CC=C3)C1. The summed E-state index contributed by atoms with van der Waals surface area (Å²) in [6.45, 7) is 9.23. The van der Waals surface area contributed by atoms with Gasteiger partial charge in [0.2, 0.25) is 0 Å². The van der Waals surface area contributed by atoms with Gasteiger partial charge in [-0.05, 0) is 41.1 Å². The minimum absolute atomic E-state index is 0.238. The van der Waals surface area contributed by atoms with Crippen LogP contribution in [0, 0.1) is 0 Å².